The summed E-state index contributed by atoms with van der Waals surface area (Å²) in [5.74, 6) is 2.66. The molecule has 3 heteroatoms. The molecule has 2 fully saturated rings. The van der Waals surface area contributed by atoms with Crippen LogP contribution in [0.15, 0.2) is 66.7 Å². The van der Waals surface area contributed by atoms with Crippen LogP contribution in [-0.4, -0.2) is 5.91 Å². The molecule has 0 saturated heterocycles. The Hall–Kier alpha value is -3.07. The number of nitrogens with one attached hydrogen (secondary N) is 2. The van der Waals surface area contributed by atoms with Gasteiger partial charge in [0.1, 0.15) is 0 Å². The molecule has 0 aromatic heterocycles. The van der Waals surface area contributed by atoms with Crippen molar-refractivity contribution in [2.45, 2.75) is 45.1 Å². The van der Waals surface area contributed by atoms with Gasteiger partial charge in [-0.2, -0.15) is 0 Å². The third kappa shape index (κ3) is 3.14. The van der Waals surface area contributed by atoms with Gasteiger partial charge in [0.05, 0.1) is 6.04 Å². The van der Waals surface area contributed by atoms with E-state index in [0.717, 1.165) is 23.1 Å². The third-order valence-corrected chi connectivity index (χ3v) is 8.27. The van der Waals surface area contributed by atoms with Gasteiger partial charge >= 0.3 is 0 Å². The second kappa shape index (κ2) is 7.51. The number of fused-ring (bicyclic) bond motifs is 7. The third-order valence-electron chi connectivity index (χ3n) is 8.27. The first kappa shape index (κ1) is 19.6. The summed E-state index contributed by atoms with van der Waals surface area (Å²) in [5, 5.41) is 6.97. The largest absolute Gasteiger partial charge is 0.378 e. The monoisotopic (exact) mass is 422 g/mol. The number of aryl methyl sites for hydroxylation is 2. The minimum absolute atomic E-state index is 0.0269. The van der Waals surface area contributed by atoms with Gasteiger partial charge in [0.2, 0.25) is 0 Å². The molecule has 32 heavy (non-hydrogen) atoms. The Bertz CT molecular complexity index is 1190. The fraction of sp³-hybridized carbons (Fsp3) is 0.345. The normalized spacial score (nSPS) is 27.4. The summed E-state index contributed by atoms with van der Waals surface area (Å²) in [7, 11) is 0. The molecule has 1 amide bonds. The number of hydrogen-bond acceptors (Lipinski definition) is 2. The van der Waals surface area contributed by atoms with Gasteiger partial charge in [-0.05, 0) is 109 Å². The van der Waals surface area contributed by atoms with Gasteiger partial charge < -0.3 is 10.6 Å². The maximum atomic E-state index is 13.1. The van der Waals surface area contributed by atoms with Crippen LogP contribution in [0.5, 0.6) is 0 Å². The first-order valence-electron chi connectivity index (χ1n) is 11.9. The Labute approximate surface area is 190 Å². The predicted octanol–water partition coefficient (Wildman–Crippen LogP) is 6.85. The average molecular weight is 423 g/mol. The van der Waals surface area contributed by atoms with Gasteiger partial charge in [0.25, 0.3) is 5.91 Å². The van der Waals surface area contributed by atoms with E-state index in [2.05, 4.69) is 73.0 Å². The predicted molar refractivity (Wildman–Crippen MR) is 130 cm³/mol. The number of carbonyl (C=O) groups is 1. The van der Waals surface area contributed by atoms with E-state index in [1.807, 2.05) is 18.2 Å². The molecule has 3 aromatic carbocycles. The number of hydrogen-bond donors (Lipinski definition) is 2. The molecule has 2 saturated carbocycles. The minimum atomic E-state index is -0.0269. The summed E-state index contributed by atoms with van der Waals surface area (Å²) < 4.78 is 0. The van der Waals surface area contributed by atoms with Crippen molar-refractivity contribution >= 4 is 17.3 Å². The van der Waals surface area contributed by atoms with Crippen molar-refractivity contribution in [1.29, 1.82) is 0 Å². The van der Waals surface area contributed by atoms with E-state index in [-0.39, 0.29) is 5.91 Å². The Balaban J connectivity index is 1.34. The van der Waals surface area contributed by atoms with Crippen molar-refractivity contribution < 1.29 is 4.79 Å². The molecular weight excluding hydrogens is 392 g/mol. The van der Waals surface area contributed by atoms with Crippen LogP contribution in [0.1, 0.15) is 63.8 Å². The minimum Gasteiger partial charge on any atom is -0.378 e. The first-order valence-corrected chi connectivity index (χ1v) is 11.9. The Kier molecular flexibility index (Phi) is 4.60. The highest BCUT2D eigenvalue weighted by Crippen LogP contribution is 2.63. The van der Waals surface area contributed by atoms with E-state index in [9.17, 15) is 4.79 Å². The molecule has 1 heterocycles. The van der Waals surface area contributed by atoms with Crippen molar-refractivity contribution in [2.24, 2.45) is 17.8 Å². The second-order valence-electron chi connectivity index (χ2n) is 10.0. The molecule has 162 valence electrons. The van der Waals surface area contributed by atoms with E-state index >= 15 is 0 Å². The fourth-order valence-electron chi connectivity index (χ4n) is 6.64. The van der Waals surface area contributed by atoms with Gasteiger partial charge in [0.15, 0.2) is 0 Å². The van der Waals surface area contributed by atoms with Gasteiger partial charge in [-0.15, -0.1) is 0 Å². The van der Waals surface area contributed by atoms with Crippen molar-refractivity contribution in [2.75, 3.05) is 10.6 Å². The number of benzene rings is 3. The van der Waals surface area contributed by atoms with Crippen LogP contribution in [0.25, 0.3) is 0 Å². The fourth-order valence-corrected chi connectivity index (χ4v) is 6.64. The lowest BCUT2D eigenvalue weighted by Gasteiger charge is -2.43. The quantitative estimate of drug-likeness (QED) is 0.484. The zero-order valence-electron chi connectivity index (χ0n) is 18.8. The lowest BCUT2D eigenvalue weighted by atomic mass is 9.68. The highest BCUT2D eigenvalue weighted by atomic mass is 16.1. The molecule has 3 aliphatic rings. The summed E-state index contributed by atoms with van der Waals surface area (Å²) in [4.78, 5) is 13.1. The van der Waals surface area contributed by atoms with Crippen LogP contribution in [0.3, 0.4) is 0 Å². The highest BCUT2D eigenvalue weighted by molar-refractivity contribution is 6.04. The Morgan fingerprint density at radius 2 is 1.72 bits per heavy atom. The Morgan fingerprint density at radius 3 is 2.53 bits per heavy atom. The van der Waals surface area contributed by atoms with Gasteiger partial charge in [-0.25, -0.2) is 0 Å². The van der Waals surface area contributed by atoms with Crippen molar-refractivity contribution in [3.8, 4) is 0 Å². The molecule has 1 aliphatic heterocycles. The number of anilines is 2. The molecule has 3 aromatic rings. The SMILES string of the molecule is Cc1ccc(NC(=O)c2ccc3c(c2)[C@@H]2[C@H]4CC[C@@H](C4)[C@H]2[C@@H](c2ccccc2)N3)cc1C. The van der Waals surface area contributed by atoms with E-state index < -0.39 is 0 Å². The zero-order chi connectivity index (χ0) is 21.8. The molecule has 3 nitrogen and oxygen atoms in total. The maximum Gasteiger partial charge on any atom is 0.255 e. The van der Waals surface area contributed by atoms with Crippen LogP contribution in [0.4, 0.5) is 11.4 Å². The molecule has 2 N–H and O–H groups in total. The standard InChI is InChI=1S/C29H30N2O/c1-17-8-12-23(14-18(17)2)30-29(32)22-11-13-25-24(16-22)26-20-9-10-21(15-20)27(26)28(31-25)19-6-4-3-5-7-19/h3-8,11-14,16,20-21,26-28,31H,9-10,15H2,1-2H3,(H,30,32)/t20-,21-,26-,27+,28+/m0/s1. The second-order valence-corrected chi connectivity index (χ2v) is 10.0. The molecule has 6 rings (SSSR count). The van der Waals surface area contributed by atoms with Crippen LogP contribution >= 0.6 is 0 Å². The molecular formula is C29H30N2O. The van der Waals surface area contributed by atoms with Crippen molar-refractivity contribution in [1.82, 2.24) is 0 Å². The van der Waals surface area contributed by atoms with Crippen molar-refractivity contribution in [3.05, 3.63) is 94.5 Å². The van der Waals surface area contributed by atoms with Gasteiger partial charge in [0, 0.05) is 16.9 Å². The topological polar surface area (TPSA) is 41.1 Å². The molecule has 0 unspecified atom stereocenters. The van der Waals surface area contributed by atoms with Crippen LogP contribution in [0.2, 0.25) is 0 Å². The number of rotatable bonds is 3. The van der Waals surface area contributed by atoms with Gasteiger partial charge in [-0.1, -0.05) is 36.4 Å². The lowest BCUT2D eigenvalue weighted by Crippen LogP contribution is -2.35. The molecule has 2 bridgehead atoms. The summed E-state index contributed by atoms with van der Waals surface area (Å²) in [6, 6.07) is 23.6. The van der Waals surface area contributed by atoms with Gasteiger partial charge in [-0.3, -0.25) is 4.79 Å². The molecule has 2 aliphatic carbocycles. The first-order chi connectivity index (χ1) is 15.6. The molecule has 0 radical (unpaired) electrons. The van der Waals surface area contributed by atoms with E-state index in [4.69, 9.17) is 0 Å². The Morgan fingerprint density at radius 1 is 0.906 bits per heavy atom. The summed E-state index contributed by atoms with van der Waals surface area (Å²) >= 11 is 0. The van der Waals surface area contributed by atoms with E-state index in [0.29, 0.717) is 17.9 Å². The average Bonchev–Trinajstić information content (AvgIpc) is 3.44. The lowest BCUT2D eigenvalue weighted by molar-refractivity contribution is 0.102. The summed E-state index contributed by atoms with van der Waals surface area (Å²) in [6.07, 6.45) is 4.00. The molecule has 0 spiro atoms. The smallest absolute Gasteiger partial charge is 0.255 e. The van der Waals surface area contributed by atoms with Crippen LogP contribution < -0.4 is 10.6 Å². The van der Waals surface area contributed by atoms with Crippen LogP contribution in [-0.2, 0) is 0 Å². The summed E-state index contributed by atoms with van der Waals surface area (Å²) in [5.41, 5.74) is 7.97. The number of amides is 1. The highest BCUT2D eigenvalue weighted by Gasteiger charge is 2.53. The van der Waals surface area contributed by atoms with E-state index in [1.165, 1.54) is 47.2 Å². The van der Waals surface area contributed by atoms with Crippen LogP contribution in [0, 0.1) is 31.6 Å². The zero-order valence-corrected chi connectivity index (χ0v) is 18.8. The van der Waals surface area contributed by atoms with Crippen molar-refractivity contribution in [3.63, 3.8) is 0 Å². The molecule has 5 atom stereocenters. The maximum absolute atomic E-state index is 13.1. The summed E-state index contributed by atoms with van der Waals surface area (Å²) in [6.45, 7) is 4.17. The number of carbonyl (C=O) groups excluding carboxylic acids is 1. The van der Waals surface area contributed by atoms with E-state index in [1.54, 1.807) is 0 Å².